The van der Waals surface area contributed by atoms with Crippen LogP contribution in [0.2, 0.25) is 0 Å². The number of nitrogens with one attached hydrogen (secondary N) is 1. The van der Waals surface area contributed by atoms with Gasteiger partial charge in [0.05, 0.1) is 5.75 Å². The number of amides is 1. The summed E-state index contributed by atoms with van der Waals surface area (Å²) < 4.78 is 9.18. The Bertz CT molecular complexity index is 1370. The second-order valence-corrected chi connectivity index (χ2v) is 9.20. The number of rotatable bonds is 5. The number of thioether (sulfide) groups is 1. The number of thiazole rings is 1. The van der Waals surface area contributed by atoms with E-state index in [4.69, 9.17) is 16.7 Å². The number of aromatic nitrogens is 4. The van der Waals surface area contributed by atoms with Crippen LogP contribution >= 0.6 is 35.3 Å². The lowest BCUT2D eigenvalue weighted by atomic mass is 10.2. The lowest BCUT2D eigenvalue weighted by molar-refractivity contribution is -0.113. The van der Waals surface area contributed by atoms with Gasteiger partial charge in [0.25, 0.3) is 5.56 Å². The summed E-state index contributed by atoms with van der Waals surface area (Å²) in [5, 5.41) is 6.81. The molecule has 4 aromatic rings. The van der Waals surface area contributed by atoms with E-state index in [1.54, 1.807) is 24.6 Å². The molecule has 0 aliphatic heterocycles. The van der Waals surface area contributed by atoms with E-state index in [1.807, 2.05) is 31.2 Å². The fraction of sp³-hybridized carbons (Fsp3) is 0.211. The third kappa shape index (κ3) is 3.95. The van der Waals surface area contributed by atoms with E-state index in [9.17, 15) is 9.59 Å². The number of benzene rings is 1. The van der Waals surface area contributed by atoms with Crippen LogP contribution in [0.5, 0.6) is 0 Å². The quantitative estimate of drug-likeness (QED) is 0.275. The van der Waals surface area contributed by atoms with E-state index in [1.165, 1.54) is 15.9 Å². The first-order valence-corrected chi connectivity index (χ1v) is 11.1. The highest BCUT2D eigenvalue weighted by Gasteiger charge is 2.17. The van der Waals surface area contributed by atoms with Crippen molar-refractivity contribution in [2.75, 3.05) is 11.1 Å². The smallest absolute Gasteiger partial charge is 0.273 e. The zero-order valence-corrected chi connectivity index (χ0v) is 18.8. The Morgan fingerprint density at radius 3 is 2.70 bits per heavy atom. The van der Waals surface area contributed by atoms with Gasteiger partial charge in [-0.25, -0.2) is 4.98 Å². The van der Waals surface area contributed by atoms with Gasteiger partial charge in [-0.15, -0.1) is 0 Å². The van der Waals surface area contributed by atoms with Crippen molar-refractivity contribution >= 4 is 57.4 Å². The Hall–Kier alpha value is -2.76. The molecule has 0 radical (unpaired) electrons. The minimum atomic E-state index is -0.275. The molecule has 154 valence electrons. The fourth-order valence-corrected chi connectivity index (χ4v) is 4.91. The van der Waals surface area contributed by atoms with Crippen LogP contribution in [0.1, 0.15) is 11.3 Å². The van der Waals surface area contributed by atoms with E-state index in [2.05, 4.69) is 15.5 Å². The van der Waals surface area contributed by atoms with Gasteiger partial charge >= 0.3 is 0 Å². The summed E-state index contributed by atoms with van der Waals surface area (Å²) in [5.74, 6) is 0.738. The molecule has 0 fully saturated rings. The lowest BCUT2D eigenvalue weighted by Crippen LogP contribution is -2.21. The fourth-order valence-electron chi connectivity index (χ4n) is 2.80. The van der Waals surface area contributed by atoms with Gasteiger partial charge in [0.1, 0.15) is 10.5 Å². The summed E-state index contributed by atoms with van der Waals surface area (Å²) in [4.78, 5) is 29.8. The molecule has 0 spiro atoms. The predicted octanol–water partition coefficient (Wildman–Crippen LogP) is 3.85. The highest BCUT2D eigenvalue weighted by atomic mass is 32.2. The van der Waals surface area contributed by atoms with Crippen LogP contribution in [0.3, 0.4) is 0 Å². The van der Waals surface area contributed by atoms with Gasteiger partial charge in [-0.05, 0) is 38.2 Å². The average molecular weight is 460 g/mol. The highest BCUT2D eigenvalue weighted by Crippen LogP contribution is 2.25. The minimum Gasteiger partial charge on any atom is -0.360 e. The Morgan fingerprint density at radius 1 is 1.30 bits per heavy atom. The molecule has 30 heavy (non-hydrogen) atoms. The van der Waals surface area contributed by atoms with Gasteiger partial charge in [-0.2, -0.15) is 0 Å². The first-order valence-electron chi connectivity index (χ1n) is 8.89. The van der Waals surface area contributed by atoms with E-state index in [0.29, 0.717) is 31.0 Å². The van der Waals surface area contributed by atoms with Gasteiger partial charge in [-0.3, -0.25) is 18.7 Å². The van der Waals surface area contributed by atoms with Crippen LogP contribution in [0, 0.1) is 17.8 Å². The summed E-state index contributed by atoms with van der Waals surface area (Å²) in [6, 6.07) is 9.47. The molecule has 0 saturated carbocycles. The molecule has 11 heteroatoms. The summed E-state index contributed by atoms with van der Waals surface area (Å²) in [6.45, 7) is 3.74. The van der Waals surface area contributed by atoms with Crippen molar-refractivity contribution in [2.24, 2.45) is 7.05 Å². The number of nitrogens with zero attached hydrogens (tertiary/aromatic N) is 4. The molecule has 3 heterocycles. The molecule has 3 aromatic heterocycles. The van der Waals surface area contributed by atoms with Crippen molar-refractivity contribution in [3.63, 3.8) is 0 Å². The van der Waals surface area contributed by atoms with Gasteiger partial charge in [0.2, 0.25) is 5.91 Å². The first-order chi connectivity index (χ1) is 14.3. The zero-order chi connectivity index (χ0) is 21.4. The van der Waals surface area contributed by atoms with Crippen LogP contribution in [-0.2, 0) is 11.8 Å². The summed E-state index contributed by atoms with van der Waals surface area (Å²) in [5.41, 5.74) is 2.26. The third-order valence-electron chi connectivity index (χ3n) is 4.29. The lowest BCUT2D eigenvalue weighted by Gasteiger charge is -2.09. The van der Waals surface area contributed by atoms with Crippen molar-refractivity contribution in [3.8, 4) is 5.69 Å². The second-order valence-electron chi connectivity index (χ2n) is 6.61. The highest BCUT2D eigenvalue weighted by molar-refractivity contribution is 7.99. The molecule has 0 bridgehead atoms. The van der Waals surface area contributed by atoms with Crippen LogP contribution in [0.25, 0.3) is 16.0 Å². The molecule has 0 saturated heterocycles. The Labute approximate surface area is 184 Å². The molecule has 0 aliphatic rings. The monoisotopic (exact) mass is 459 g/mol. The number of fused-ring (bicyclic) bond motifs is 1. The zero-order valence-electron chi connectivity index (χ0n) is 16.3. The van der Waals surface area contributed by atoms with Crippen molar-refractivity contribution in [3.05, 3.63) is 56.0 Å². The summed E-state index contributed by atoms with van der Waals surface area (Å²) >= 11 is 7.90. The second kappa shape index (κ2) is 8.17. The largest absolute Gasteiger partial charge is 0.360 e. The van der Waals surface area contributed by atoms with Crippen LogP contribution in [0.4, 0.5) is 5.82 Å². The van der Waals surface area contributed by atoms with Crippen LogP contribution in [-0.4, -0.2) is 30.9 Å². The first kappa shape index (κ1) is 20.5. The van der Waals surface area contributed by atoms with Crippen molar-refractivity contribution < 1.29 is 9.32 Å². The summed E-state index contributed by atoms with van der Waals surface area (Å²) in [6.07, 6.45) is 0. The molecular formula is C19H17N5O3S3. The average Bonchev–Trinajstić information content (AvgIpc) is 3.26. The van der Waals surface area contributed by atoms with Crippen LogP contribution < -0.4 is 10.9 Å². The maximum absolute atomic E-state index is 12.9. The van der Waals surface area contributed by atoms with E-state index < -0.39 is 0 Å². The molecule has 0 atom stereocenters. The van der Waals surface area contributed by atoms with Crippen molar-refractivity contribution in [1.82, 2.24) is 19.3 Å². The molecule has 1 aromatic carbocycles. The molecule has 8 nitrogen and oxygen atoms in total. The van der Waals surface area contributed by atoms with E-state index in [0.717, 1.165) is 23.0 Å². The van der Waals surface area contributed by atoms with Gasteiger partial charge < -0.3 is 9.84 Å². The Morgan fingerprint density at radius 2 is 2.03 bits per heavy atom. The third-order valence-corrected chi connectivity index (χ3v) is 6.68. The standard InChI is InChI=1S/C19H17N5O3S3/c1-10-4-6-12(7-5-10)24-16-15(30-19(24)28)17(26)23(3)18(21-16)29-9-14(25)20-13-8-11(2)27-22-13/h4-8H,9H2,1-3H3,(H,20,22,25). The van der Waals surface area contributed by atoms with Crippen molar-refractivity contribution in [1.29, 1.82) is 0 Å². The molecule has 0 aliphatic carbocycles. The molecule has 4 rings (SSSR count). The molecule has 1 N–H and O–H groups in total. The number of aryl methyl sites for hydroxylation is 2. The van der Waals surface area contributed by atoms with Gasteiger partial charge in [0, 0.05) is 18.8 Å². The number of anilines is 1. The maximum atomic E-state index is 12.9. The van der Waals surface area contributed by atoms with Gasteiger partial charge in [0.15, 0.2) is 20.6 Å². The van der Waals surface area contributed by atoms with Crippen molar-refractivity contribution in [2.45, 2.75) is 19.0 Å². The van der Waals surface area contributed by atoms with Crippen LogP contribution in [0.15, 0.2) is 44.8 Å². The summed E-state index contributed by atoms with van der Waals surface area (Å²) in [7, 11) is 1.63. The molecule has 1 amide bonds. The predicted molar refractivity (Wildman–Crippen MR) is 120 cm³/mol. The maximum Gasteiger partial charge on any atom is 0.273 e. The number of hydrogen-bond acceptors (Lipinski definition) is 8. The normalized spacial score (nSPS) is 11.2. The minimum absolute atomic E-state index is 0.0626. The topological polar surface area (TPSA) is 95.0 Å². The van der Waals surface area contributed by atoms with E-state index >= 15 is 0 Å². The number of carbonyl (C=O) groups is 1. The number of hydrogen-bond donors (Lipinski definition) is 1. The Kier molecular flexibility index (Phi) is 5.58. The van der Waals surface area contributed by atoms with E-state index in [-0.39, 0.29) is 17.2 Å². The number of carbonyl (C=O) groups excluding carboxylic acids is 1. The molecular weight excluding hydrogens is 442 g/mol. The van der Waals surface area contributed by atoms with Gasteiger partial charge in [-0.1, -0.05) is 46.0 Å². The Balaban J connectivity index is 1.67. The SMILES string of the molecule is Cc1ccc(-n2c(=S)sc3c(=O)n(C)c(SCC(=O)Nc4cc(C)on4)nc32)cc1. The molecule has 0 unspecified atom stereocenters.